The lowest BCUT2D eigenvalue weighted by Crippen LogP contribution is -2.41. The summed E-state index contributed by atoms with van der Waals surface area (Å²) >= 11 is 7.22. The average molecular weight is 396 g/mol. The molecule has 0 radical (unpaired) electrons. The number of hydrogen-bond acceptors (Lipinski definition) is 4. The predicted molar refractivity (Wildman–Crippen MR) is 104 cm³/mol. The molecule has 26 heavy (non-hydrogen) atoms. The Kier molecular flexibility index (Phi) is 5.18. The number of rotatable bonds is 4. The Hall–Kier alpha value is -1.41. The van der Waals surface area contributed by atoms with Gasteiger partial charge in [-0.15, -0.1) is 0 Å². The third kappa shape index (κ3) is 3.67. The van der Waals surface area contributed by atoms with Crippen molar-refractivity contribution in [3.05, 3.63) is 61.3 Å². The highest BCUT2D eigenvalue weighted by molar-refractivity contribution is 7.10. The maximum atomic E-state index is 14.7. The van der Waals surface area contributed by atoms with Crippen molar-refractivity contribution in [1.29, 1.82) is 0 Å². The molecule has 0 saturated carbocycles. The number of nitrogens with zero attached hydrogens (tertiary/aromatic N) is 1. The minimum absolute atomic E-state index is 0.204. The SMILES string of the molecule is CC1(C)OB(C(F)=Cc2sc(=O)n(Cc3ccccc3)c2Cl)OC1(C)C. The van der Waals surface area contributed by atoms with Gasteiger partial charge < -0.3 is 9.31 Å². The Morgan fingerprint density at radius 3 is 2.38 bits per heavy atom. The third-order valence-electron chi connectivity index (χ3n) is 4.79. The second kappa shape index (κ2) is 6.96. The molecule has 1 fully saturated rings. The van der Waals surface area contributed by atoms with Gasteiger partial charge in [-0.2, -0.15) is 0 Å². The molecule has 1 aliphatic rings. The van der Waals surface area contributed by atoms with Gasteiger partial charge in [0.1, 0.15) is 10.9 Å². The Morgan fingerprint density at radius 1 is 1.23 bits per heavy atom. The summed E-state index contributed by atoms with van der Waals surface area (Å²) in [6.07, 6.45) is 1.22. The number of benzene rings is 1. The van der Waals surface area contributed by atoms with Gasteiger partial charge in [0.15, 0.2) is 0 Å². The molecular formula is C18H20BClFNO3S. The molecule has 1 aromatic heterocycles. The summed E-state index contributed by atoms with van der Waals surface area (Å²) < 4.78 is 27.5. The van der Waals surface area contributed by atoms with Gasteiger partial charge in [-0.25, -0.2) is 4.39 Å². The van der Waals surface area contributed by atoms with E-state index in [1.807, 2.05) is 58.0 Å². The maximum absolute atomic E-state index is 14.7. The molecule has 0 unspecified atom stereocenters. The van der Waals surface area contributed by atoms with Gasteiger partial charge in [-0.3, -0.25) is 9.36 Å². The van der Waals surface area contributed by atoms with Gasteiger partial charge >= 0.3 is 12.0 Å². The molecular weight excluding hydrogens is 376 g/mol. The minimum atomic E-state index is -1.11. The zero-order chi connectivity index (χ0) is 19.1. The van der Waals surface area contributed by atoms with E-state index in [0.29, 0.717) is 11.4 Å². The number of thiazole rings is 1. The van der Waals surface area contributed by atoms with Crippen LogP contribution in [0.3, 0.4) is 0 Å². The standard InChI is InChI=1S/C18H20BClFNO3S/c1-17(2)18(3,4)25-19(24-17)14(21)10-13-15(20)22(16(23)26-13)11-12-8-6-5-7-9-12/h5-10H,11H2,1-4H3. The van der Waals surface area contributed by atoms with E-state index in [0.717, 1.165) is 16.9 Å². The molecule has 0 atom stereocenters. The van der Waals surface area contributed by atoms with Crippen molar-refractivity contribution >= 4 is 36.1 Å². The van der Waals surface area contributed by atoms with E-state index in [9.17, 15) is 9.18 Å². The van der Waals surface area contributed by atoms with Crippen molar-refractivity contribution in [3.63, 3.8) is 0 Å². The topological polar surface area (TPSA) is 40.5 Å². The molecule has 1 aliphatic heterocycles. The molecule has 4 nitrogen and oxygen atoms in total. The van der Waals surface area contributed by atoms with Crippen LogP contribution in [0.1, 0.15) is 38.1 Å². The zero-order valence-corrected chi connectivity index (χ0v) is 16.7. The molecule has 138 valence electrons. The van der Waals surface area contributed by atoms with Crippen molar-refractivity contribution < 1.29 is 13.7 Å². The first-order chi connectivity index (χ1) is 12.1. The van der Waals surface area contributed by atoms with E-state index in [2.05, 4.69) is 0 Å². The van der Waals surface area contributed by atoms with Crippen LogP contribution in [-0.2, 0) is 15.9 Å². The summed E-state index contributed by atoms with van der Waals surface area (Å²) in [5, 5.41) is 0.204. The summed E-state index contributed by atoms with van der Waals surface area (Å²) in [4.78, 5) is 12.4. The third-order valence-corrected chi connectivity index (χ3v) is 6.23. The molecule has 1 saturated heterocycles. The molecule has 0 N–H and O–H groups in total. The van der Waals surface area contributed by atoms with Crippen LogP contribution in [0.5, 0.6) is 0 Å². The van der Waals surface area contributed by atoms with E-state index in [1.54, 1.807) is 0 Å². The van der Waals surface area contributed by atoms with Crippen LogP contribution in [0.2, 0.25) is 5.15 Å². The van der Waals surface area contributed by atoms with E-state index >= 15 is 0 Å². The molecule has 2 aromatic rings. The molecule has 0 aliphatic carbocycles. The predicted octanol–water partition coefficient (Wildman–Crippen LogP) is 4.55. The van der Waals surface area contributed by atoms with Crippen LogP contribution in [0.4, 0.5) is 4.39 Å². The number of hydrogen-bond donors (Lipinski definition) is 0. The number of aromatic nitrogens is 1. The monoisotopic (exact) mass is 395 g/mol. The fourth-order valence-electron chi connectivity index (χ4n) is 2.54. The van der Waals surface area contributed by atoms with Gasteiger partial charge in [0.2, 0.25) is 0 Å². The van der Waals surface area contributed by atoms with E-state index in [1.165, 1.54) is 10.6 Å². The van der Waals surface area contributed by atoms with Crippen LogP contribution >= 0.6 is 22.9 Å². The summed E-state index contributed by atoms with van der Waals surface area (Å²) in [5.74, 6) is 0. The van der Waals surface area contributed by atoms with Gasteiger partial charge in [-0.05, 0) is 39.3 Å². The van der Waals surface area contributed by atoms with Crippen LogP contribution in [0.15, 0.2) is 40.9 Å². The number of halogens is 2. The van der Waals surface area contributed by atoms with Crippen LogP contribution in [0.25, 0.3) is 6.08 Å². The molecule has 2 heterocycles. The Bertz CT molecular complexity index is 876. The molecule has 0 bridgehead atoms. The van der Waals surface area contributed by atoms with Crippen molar-refractivity contribution in [3.8, 4) is 0 Å². The lowest BCUT2D eigenvalue weighted by molar-refractivity contribution is 0.00578. The van der Waals surface area contributed by atoms with E-state index in [4.69, 9.17) is 20.9 Å². The normalized spacial score (nSPS) is 19.2. The van der Waals surface area contributed by atoms with Crippen molar-refractivity contribution in [2.24, 2.45) is 0 Å². The highest BCUT2D eigenvalue weighted by atomic mass is 35.5. The van der Waals surface area contributed by atoms with Crippen LogP contribution < -0.4 is 4.87 Å². The van der Waals surface area contributed by atoms with Crippen molar-refractivity contribution in [1.82, 2.24) is 4.57 Å². The fraction of sp³-hybridized carbons (Fsp3) is 0.389. The summed E-state index contributed by atoms with van der Waals surface area (Å²) in [6, 6.07) is 9.48. The largest absolute Gasteiger partial charge is 0.525 e. The first-order valence-corrected chi connectivity index (χ1v) is 9.46. The summed E-state index contributed by atoms with van der Waals surface area (Å²) in [5.41, 5.74) is -0.951. The minimum Gasteiger partial charge on any atom is -0.398 e. The average Bonchev–Trinajstić information content (AvgIpc) is 2.95. The lowest BCUT2D eigenvalue weighted by Gasteiger charge is -2.32. The highest BCUT2D eigenvalue weighted by Crippen LogP contribution is 2.39. The maximum Gasteiger partial charge on any atom is 0.525 e. The summed E-state index contributed by atoms with van der Waals surface area (Å²) in [7, 11) is -1.11. The second-order valence-corrected chi connectivity index (χ2v) is 8.56. The van der Waals surface area contributed by atoms with Crippen molar-refractivity contribution in [2.75, 3.05) is 0 Å². The quantitative estimate of drug-likeness (QED) is 0.713. The Labute approximate surface area is 161 Å². The molecule has 0 spiro atoms. The first-order valence-electron chi connectivity index (χ1n) is 8.26. The lowest BCUT2D eigenvalue weighted by atomic mass is 9.87. The van der Waals surface area contributed by atoms with Gasteiger partial charge in [0.05, 0.1) is 22.6 Å². The highest BCUT2D eigenvalue weighted by Gasteiger charge is 2.53. The van der Waals surface area contributed by atoms with Crippen LogP contribution in [-0.4, -0.2) is 22.9 Å². The van der Waals surface area contributed by atoms with Gasteiger partial charge in [0, 0.05) is 0 Å². The fourth-order valence-corrected chi connectivity index (χ4v) is 3.72. The van der Waals surface area contributed by atoms with Crippen LogP contribution in [0, 0.1) is 0 Å². The first kappa shape index (κ1) is 19.4. The van der Waals surface area contributed by atoms with E-state index < -0.39 is 24.0 Å². The molecule has 1 aromatic carbocycles. The van der Waals surface area contributed by atoms with E-state index in [-0.39, 0.29) is 10.0 Å². The summed E-state index contributed by atoms with van der Waals surface area (Å²) in [6.45, 7) is 7.73. The van der Waals surface area contributed by atoms with Gasteiger partial charge in [-0.1, -0.05) is 53.3 Å². The Morgan fingerprint density at radius 2 is 1.81 bits per heavy atom. The smallest absolute Gasteiger partial charge is 0.398 e. The molecule has 3 rings (SSSR count). The van der Waals surface area contributed by atoms with Gasteiger partial charge in [0.25, 0.3) is 0 Å². The molecule has 8 heteroatoms. The van der Waals surface area contributed by atoms with Crippen molar-refractivity contribution in [2.45, 2.75) is 45.4 Å². The Balaban J connectivity index is 1.86. The molecule has 0 amide bonds. The second-order valence-electron chi connectivity index (χ2n) is 7.21. The zero-order valence-electron chi connectivity index (χ0n) is 15.1.